The van der Waals surface area contributed by atoms with Gasteiger partial charge in [0, 0.05) is 17.0 Å². The predicted molar refractivity (Wildman–Crippen MR) is 85.7 cm³/mol. The summed E-state index contributed by atoms with van der Waals surface area (Å²) >= 11 is 6.10. The minimum absolute atomic E-state index is 0.173. The maximum absolute atomic E-state index is 6.10. The van der Waals surface area contributed by atoms with Crippen LogP contribution in [0.15, 0.2) is 42.5 Å². The number of hydrogen-bond donors (Lipinski definition) is 2. The summed E-state index contributed by atoms with van der Waals surface area (Å²) < 4.78 is 5.42. The molecule has 110 valence electrons. The second kappa shape index (κ2) is 6.06. The zero-order valence-electron chi connectivity index (χ0n) is 12.0. The van der Waals surface area contributed by atoms with Gasteiger partial charge in [0.25, 0.3) is 0 Å². The third kappa shape index (κ3) is 2.77. The zero-order chi connectivity index (χ0) is 14.8. The summed E-state index contributed by atoms with van der Waals surface area (Å²) in [5, 5.41) is 0.718. The summed E-state index contributed by atoms with van der Waals surface area (Å²) in [5.74, 6) is 7.09. The topological polar surface area (TPSA) is 47.3 Å². The van der Waals surface area contributed by atoms with Crippen molar-refractivity contribution in [3.05, 3.63) is 64.2 Å². The average Bonchev–Trinajstić information content (AvgIpc) is 2.47. The summed E-state index contributed by atoms with van der Waals surface area (Å²) in [4.78, 5) is 0. The third-order valence-electron chi connectivity index (χ3n) is 4.28. The Morgan fingerprint density at radius 2 is 2.14 bits per heavy atom. The Morgan fingerprint density at radius 3 is 2.86 bits per heavy atom. The quantitative estimate of drug-likeness (QED) is 0.659. The number of methoxy groups -OCH3 is 1. The van der Waals surface area contributed by atoms with E-state index in [0.717, 1.165) is 29.2 Å². The number of fused-ring (bicyclic) bond motifs is 1. The normalized spacial score (nSPS) is 17.8. The molecule has 0 amide bonds. The van der Waals surface area contributed by atoms with Crippen molar-refractivity contribution in [1.29, 1.82) is 0 Å². The van der Waals surface area contributed by atoms with Crippen LogP contribution in [-0.2, 0) is 12.8 Å². The molecular formula is C17H19ClN2O. The van der Waals surface area contributed by atoms with Crippen LogP contribution in [0.4, 0.5) is 0 Å². The van der Waals surface area contributed by atoms with Gasteiger partial charge in [-0.15, -0.1) is 0 Å². The van der Waals surface area contributed by atoms with Crippen molar-refractivity contribution < 1.29 is 4.74 Å². The highest BCUT2D eigenvalue weighted by atomic mass is 35.5. The van der Waals surface area contributed by atoms with Crippen LogP contribution < -0.4 is 16.0 Å². The van der Waals surface area contributed by atoms with Crippen molar-refractivity contribution in [1.82, 2.24) is 5.43 Å². The highest BCUT2D eigenvalue weighted by Crippen LogP contribution is 2.38. The maximum Gasteiger partial charge on any atom is 0.122 e. The van der Waals surface area contributed by atoms with Gasteiger partial charge < -0.3 is 4.74 Å². The molecule has 0 saturated carbocycles. The first-order valence-electron chi connectivity index (χ1n) is 7.09. The van der Waals surface area contributed by atoms with Crippen molar-refractivity contribution in [3.63, 3.8) is 0 Å². The number of rotatable bonds is 5. The van der Waals surface area contributed by atoms with Gasteiger partial charge in [-0.3, -0.25) is 11.3 Å². The fourth-order valence-corrected chi connectivity index (χ4v) is 3.31. The molecule has 1 aliphatic carbocycles. The van der Waals surface area contributed by atoms with Crippen LogP contribution in [-0.4, -0.2) is 13.2 Å². The Bertz CT molecular complexity index is 644. The molecule has 2 unspecified atom stereocenters. The third-order valence-corrected chi connectivity index (χ3v) is 4.51. The molecule has 3 N–H and O–H groups in total. The predicted octanol–water partition coefficient (Wildman–Crippen LogP) is 3.06. The summed E-state index contributed by atoms with van der Waals surface area (Å²) in [6, 6.07) is 14.4. The molecule has 2 atom stereocenters. The number of nitrogens with one attached hydrogen (secondary N) is 1. The fraction of sp³-hybridized carbons (Fsp3) is 0.294. The van der Waals surface area contributed by atoms with Gasteiger partial charge in [0.1, 0.15) is 5.75 Å². The number of hydrogen-bond acceptors (Lipinski definition) is 3. The van der Waals surface area contributed by atoms with Crippen LogP contribution in [0.2, 0.25) is 5.02 Å². The molecule has 0 spiro atoms. The van der Waals surface area contributed by atoms with E-state index in [1.54, 1.807) is 7.11 Å². The molecule has 4 heteroatoms. The minimum atomic E-state index is 0.173. The number of halogens is 1. The SMILES string of the molecule is COc1ccc(Cl)cc1CC(NN)C1Cc2ccccc21. The molecule has 0 saturated heterocycles. The molecule has 0 fully saturated rings. The van der Waals surface area contributed by atoms with E-state index in [9.17, 15) is 0 Å². The number of benzene rings is 2. The Morgan fingerprint density at radius 1 is 1.33 bits per heavy atom. The smallest absolute Gasteiger partial charge is 0.122 e. The molecule has 3 nitrogen and oxygen atoms in total. The molecule has 0 radical (unpaired) electrons. The van der Waals surface area contributed by atoms with Gasteiger partial charge in [0.05, 0.1) is 7.11 Å². The Balaban J connectivity index is 1.82. The molecule has 1 aliphatic rings. The van der Waals surface area contributed by atoms with Gasteiger partial charge in [0.2, 0.25) is 0 Å². The Kier molecular flexibility index (Phi) is 4.15. The summed E-state index contributed by atoms with van der Waals surface area (Å²) in [5.41, 5.74) is 6.85. The number of ether oxygens (including phenoxy) is 1. The zero-order valence-corrected chi connectivity index (χ0v) is 12.7. The van der Waals surface area contributed by atoms with Crippen molar-refractivity contribution >= 4 is 11.6 Å². The number of nitrogens with two attached hydrogens (primary N) is 1. The van der Waals surface area contributed by atoms with Crippen LogP contribution in [0, 0.1) is 0 Å². The monoisotopic (exact) mass is 302 g/mol. The van der Waals surface area contributed by atoms with E-state index < -0.39 is 0 Å². The highest BCUT2D eigenvalue weighted by molar-refractivity contribution is 6.30. The van der Waals surface area contributed by atoms with E-state index in [1.807, 2.05) is 18.2 Å². The van der Waals surface area contributed by atoms with Crippen molar-refractivity contribution in [2.45, 2.75) is 24.8 Å². The van der Waals surface area contributed by atoms with Crippen LogP contribution in [0.3, 0.4) is 0 Å². The van der Waals surface area contributed by atoms with Gasteiger partial charge in [0.15, 0.2) is 0 Å². The van der Waals surface area contributed by atoms with Crippen molar-refractivity contribution in [2.75, 3.05) is 7.11 Å². The first-order valence-corrected chi connectivity index (χ1v) is 7.47. The second-order valence-corrected chi connectivity index (χ2v) is 5.88. The average molecular weight is 303 g/mol. The first-order chi connectivity index (χ1) is 10.2. The fourth-order valence-electron chi connectivity index (χ4n) is 3.12. The molecule has 21 heavy (non-hydrogen) atoms. The van der Waals surface area contributed by atoms with E-state index in [1.165, 1.54) is 11.1 Å². The maximum atomic E-state index is 6.10. The van der Waals surface area contributed by atoms with Gasteiger partial charge in [-0.05, 0) is 47.7 Å². The molecule has 0 aliphatic heterocycles. The lowest BCUT2D eigenvalue weighted by molar-refractivity contribution is 0.383. The van der Waals surface area contributed by atoms with E-state index in [2.05, 4.69) is 29.7 Å². The van der Waals surface area contributed by atoms with Crippen LogP contribution in [0.1, 0.15) is 22.6 Å². The molecule has 2 aromatic rings. The van der Waals surface area contributed by atoms with Gasteiger partial charge in [-0.1, -0.05) is 35.9 Å². The first kappa shape index (κ1) is 14.4. The second-order valence-electron chi connectivity index (χ2n) is 5.44. The van der Waals surface area contributed by atoms with Crippen LogP contribution in [0.25, 0.3) is 0 Å². The van der Waals surface area contributed by atoms with Gasteiger partial charge >= 0.3 is 0 Å². The van der Waals surface area contributed by atoms with Crippen molar-refractivity contribution in [3.8, 4) is 5.75 Å². The van der Waals surface area contributed by atoms with E-state index >= 15 is 0 Å². The number of hydrazine groups is 1. The lowest BCUT2D eigenvalue weighted by Gasteiger charge is -2.36. The van der Waals surface area contributed by atoms with E-state index in [-0.39, 0.29) is 6.04 Å². The van der Waals surface area contributed by atoms with Crippen LogP contribution in [0.5, 0.6) is 5.75 Å². The van der Waals surface area contributed by atoms with E-state index in [4.69, 9.17) is 22.2 Å². The van der Waals surface area contributed by atoms with Gasteiger partial charge in [-0.25, -0.2) is 0 Å². The molecule has 0 bridgehead atoms. The van der Waals surface area contributed by atoms with Gasteiger partial charge in [-0.2, -0.15) is 0 Å². The molecule has 2 aromatic carbocycles. The Labute approximate surface area is 130 Å². The van der Waals surface area contributed by atoms with E-state index in [0.29, 0.717) is 5.92 Å². The molecule has 0 aromatic heterocycles. The summed E-state index contributed by atoms with van der Waals surface area (Å²) in [6.07, 6.45) is 1.85. The van der Waals surface area contributed by atoms with Crippen LogP contribution >= 0.6 is 11.6 Å². The molecule has 3 rings (SSSR count). The standard InChI is InChI=1S/C17H19ClN2O/c1-21-17-7-6-13(18)8-12(17)10-16(20-19)15-9-11-4-2-3-5-14(11)15/h2-8,15-16,20H,9-10,19H2,1H3. The Hall–Kier alpha value is -1.55. The minimum Gasteiger partial charge on any atom is -0.496 e. The summed E-state index contributed by atoms with van der Waals surface area (Å²) in [6.45, 7) is 0. The largest absolute Gasteiger partial charge is 0.496 e. The highest BCUT2D eigenvalue weighted by Gasteiger charge is 2.32. The molecule has 0 heterocycles. The summed E-state index contributed by atoms with van der Waals surface area (Å²) in [7, 11) is 1.68. The lowest BCUT2D eigenvalue weighted by atomic mass is 9.72. The molecular weight excluding hydrogens is 284 g/mol. The van der Waals surface area contributed by atoms with Crippen molar-refractivity contribution in [2.24, 2.45) is 5.84 Å². The lowest BCUT2D eigenvalue weighted by Crippen LogP contribution is -2.45.